The van der Waals surface area contributed by atoms with Gasteiger partial charge in [-0.2, -0.15) is 15.0 Å². The van der Waals surface area contributed by atoms with Crippen molar-refractivity contribution in [2.24, 2.45) is 0 Å². The molecule has 208 valence electrons. The zero-order valence-electron chi connectivity index (χ0n) is 23.6. The number of carbonyl (C=O) groups excluding carboxylic acids is 1. The van der Waals surface area contributed by atoms with E-state index in [1.807, 2.05) is 69.3 Å². The van der Waals surface area contributed by atoms with Crippen LogP contribution in [0.4, 0.5) is 4.79 Å². The first-order chi connectivity index (χ1) is 19.0. The fraction of sp³-hybridized carbons (Fsp3) is 0.344. The summed E-state index contributed by atoms with van der Waals surface area (Å²) in [4.78, 5) is 13.5. The van der Waals surface area contributed by atoms with Crippen molar-refractivity contribution in [2.45, 2.75) is 70.6 Å². The zero-order chi connectivity index (χ0) is 28.3. The fourth-order valence-corrected chi connectivity index (χ4v) is 4.64. The van der Waals surface area contributed by atoms with Gasteiger partial charge >= 0.3 is 6.09 Å². The maximum Gasteiger partial charge on any atom is 0.407 e. The maximum absolute atomic E-state index is 11.9. The lowest BCUT2D eigenvalue weighted by Gasteiger charge is -2.36. The number of carbonyl (C=O) groups is 1. The summed E-state index contributed by atoms with van der Waals surface area (Å²) in [7, 11) is 0. The Morgan fingerprint density at radius 1 is 0.775 bits per heavy atom. The van der Waals surface area contributed by atoms with Crippen LogP contribution in [0.5, 0.6) is 17.2 Å². The van der Waals surface area contributed by atoms with Gasteiger partial charge in [0.15, 0.2) is 0 Å². The number of nitrogens with one attached hydrogen (secondary N) is 1. The third-order valence-corrected chi connectivity index (χ3v) is 6.99. The van der Waals surface area contributed by atoms with Crippen LogP contribution in [-0.2, 0) is 10.2 Å². The molecule has 0 unspecified atom stereocenters. The van der Waals surface area contributed by atoms with Crippen LogP contribution >= 0.6 is 0 Å². The molecule has 8 heteroatoms. The Bertz CT molecular complexity index is 1400. The minimum absolute atomic E-state index is 0.0868. The van der Waals surface area contributed by atoms with Gasteiger partial charge in [-0.15, -0.1) is 0 Å². The minimum atomic E-state index is -0.498. The van der Waals surface area contributed by atoms with Gasteiger partial charge in [-0.25, -0.2) is 4.79 Å². The Morgan fingerprint density at radius 2 is 1.27 bits per heavy atom. The highest BCUT2D eigenvalue weighted by Crippen LogP contribution is 2.35. The summed E-state index contributed by atoms with van der Waals surface area (Å²) < 4.78 is 17.5. The molecule has 1 aliphatic rings. The molecule has 4 aromatic rings. The number of hydrogen-bond donors (Lipinski definition) is 1. The van der Waals surface area contributed by atoms with Crippen molar-refractivity contribution in [3.63, 3.8) is 0 Å². The van der Waals surface area contributed by atoms with Gasteiger partial charge < -0.3 is 19.5 Å². The molecule has 1 N–H and O–H groups in total. The van der Waals surface area contributed by atoms with E-state index < -0.39 is 5.60 Å². The molecular formula is C32H36N4O4. The standard InChI is InChI=1S/C32H36N4O4/c1-31(2,3)40-30(37)35-24-20-29(21-24)39-27-14-8-23(9-15-27)32(4,5)22-6-12-26(13-7-22)38-28-16-10-25(11-17-28)36-33-18-19-34-36/h6-19,24,29H,20-21H2,1-5H3,(H,35,37). The molecule has 1 amide bonds. The second-order valence-corrected chi connectivity index (χ2v) is 11.6. The van der Waals surface area contributed by atoms with Crippen molar-refractivity contribution in [2.75, 3.05) is 0 Å². The molecule has 0 saturated heterocycles. The molecule has 1 aliphatic carbocycles. The monoisotopic (exact) mass is 540 g/mol. The number of ether oxygens (including phenoxy) is 3. The van der Waals surface area contributed by atoms with Crippen LogP contribution in [0.25, 0.3) is 5.69 Å². The van der Waals surface area contributed by atoms with Crippen LogP contribution in [0.2, 0.25) is 0 Å². The van der Waals surface area contributed by atoms with Crippen molar-refractivity contribution in [3.8, 4) is 22.9 Å². The zero-order valence-corrected chi connectivity index (χ0v) is 23.6. The van der Waals surface area contributed by atoms with Crippen LogP contribution in [0.15, 0.2) is 85.2 Å². The summed E-state index contributed by atoms with van der Waals surface area (Å²) in [5.74, 6) is 2.35. The summed E-state index contributed by atoms with van der Waals surface area (Å²) in [5, 5.41) is 11.2. The number of aromatic nitrogens is 3. The molecule has 0 radical (unpaired) electrons. The SMILES string of the molecule is CC(C)(C)OC(=O)NC1CC(Oc2ccc(C(C)(C)c3ccc(Oc4ccc(-n5nccn5)cc4)cc3)cc2)C1. The van der Waals surface area contributed by atoms with Crippen molar-refractivity contribution in [1.29, 1.82) is 0 Å². The first kappa shape index (κ1) is 27.2. The van der Waals surface area contributed by atoms with Gasteiger partial charge in [0.05, 0.1) is 18.1 Å². The fourth-order valence-electron chi connectivity index (χ4n) is 4.64. The summed E-state index contributed by atoms with van der Waals surface area (Å²) in [5.41, 5.74) is 2.55. The van der Waals surface area contributed by atoms with Crippen LogP contribution in [0.1, 0.15) is 58.6 Å². The van der Waals surface area contributed by atoms with Gasteiger partial charge in [0, 0.05) is 24.3 Å². The molecule has 1 aromatic heterocycles. The quantitative estimate of drug-likeness (QED) is 0.264. The molecule has 8 nitrogen and oxygen atoms in total. The summed E-state index contributed by atoms with van der Waals surface area (Å²) >= 11 is 0. The van der Waals surface area contributed by atoms with Crippen molar-refractivity contribution in [3.05, 3.63) is 96.3 Å². The van der Waals surface area contributed by atoms with E-state index in [-0.39, 0.29) is 23.7 Å². The van der Waals surface area contributed by atoms with Gasteiger partial charge in [0.1, 0.15) is 29.0 Å². The highest BCUT2D eigenvalue weighted by molar-refractivity contribution is 5.68. The number of amides is 1. The van der Waals surface area contributed by atoms with Gasteiger partial charge in [-0.3, -0.25) is 0 Å². The third kappa shape index (κ3) is 6.62. The predicted molar refractivity (Wildman–Crippen MR) is 153 cm³/mol. The molecule has 0 atom stereocenters. The second kappa shape index (κ2) is 11.0. The largest absolute Gasteiger partial charge is 0.490 e. The maximum atomic E-state index is 11.9. The average Bonchev–Trinajstić information content (AvgIpc) is 3.43. The van der Waals surface area contributed by atoms with Gasteiger partial charge in [-0.1, -0.05) is 38.1 Å². The Labute approximate surface area is 235 Å². The molecule has 0 bridgehead atoms. The molecular weight excluding hydrogens is 504 g/mol. The number of hydrogen-bond acceptors (Lipinski definition) is 6. The lowest BCUT2D eigenvalue weighted by Crippen LogP contribution is -2.50. The Kier molecular flexibility index (Phi) is 7.52. The average molecular weight is 541 g/mol. The van der Waals surface area contributed by atoms with Gasteiger partial charge in [0.25, 0.3) is 0 Å². The van der Waals surface area contributed by atoms with Crippen molar-refractivity contribution >= 4 is 6.09 Å². The van der Waals surface area contributed by atoms with E-state index in [2.05, 4.69) is 53.6 Å². The summed E-state index contributed by atoms with van der Waals surface area (Å²) in [6.45, 7) is 9.99. The topological polar surface area (TPSA) is 87.5 Å². The molecule has 1 fully saturated rings. The molecule has 5 rings (SSSR count). The highest BCUT2D eigenvalue weighted by atomic mass is 16.6. The highest BCUT2D eigenvalue weighted by Gasteiger charge is 2.33. The second-order valence-electron chi connectivity index (χ2n) is 11.6. The van der Waals surface area contributed by atoms with Gasteiger partial charge in [0.2, 0.25) is 0 Å². The number of alkyl carbamates (subject to hydrolysis) is 1. The lowest BCUT2D eigenvalue weighted by atomic mass is 9.78. The number of benzene rings is 3. The molecule has 3 aromatic carbocycles. The summed E-state index contributed by atoms with van der Waals surface area (Å²) in [6.07, 6.45) is 4.55. The number of rotatable bonds is 8. The van der Waals surface area contributed by atoms with Crippen molar-refractivity contribution < 1.29 is 19.0 Å². The predicted octanol–water partition coefficient (Wildman–Crippen LogP) is 6.82. The van der Waals surface area contributed by atoms with E-state index in [9.17, 15) is 4.79 Å². The van der Waals surface area contributed by atoms with Crippen LogP contribution in [-0.4, -0.2) is 38.8 Å². The third-order valence-electron chi connectivity index (χ3n) is 6.99. The van der Waals surface area contributed by atoms with Gasteiger partial charge in [-0.05, 0) is 80.4 Å². The Hall–Kier alpha value is -4.33. The van der Waals surface area contributed by atoms with Crippen LogP contribution in [0, 0.1) is 0 Å². The first-order valence-corrected chi connectivity index (χ1v) is 13.6. The minimum Gasteiger partial charge on any atom is -0.490 e. The summed E-state index contributed by atoms with van der Waals surface area (Å²) in [6, 6.07) is 24.2. The van der Waals surface area contributed by atoms with E-state index in [1.165, 1.54) is 11.1 Å². The first-order valence-electron chi connectivity index (χ1n) is 13.6. The number of nitrogens with zero attached hydrogens (tertiary/aromatic N) is 3. The van der Waals surface area contributed by atoms with E-state index in [0.717, 1.165) is 35.8 Å². The lowest BCUT2D eigenvalue weighted by molar-refractivity contribution is 0.0363. The molecule has 0 aliphatic heterocycles. The van der Waals surface area contributed by atoms with E-state index in [0.29, 0.717) is 0 Å². The van der Waals surface area contributed by atoms with E-state index in [1.54, 1.807) is 17.2 Å². The molecule has 1 saturated carbocycles. The Balaban J connectivity index is 1.13. The van der Waals surface area contributed by atoms with Crippen molar-refractivity contribution in [1.82, 2.24) is 20.3 Å². The smallest absolute Gasteiger partial charge is 0.407 e. The van der Waals surface area contributed by atoms with Crippen LogP contribution in [0.3, 0.4) is 0 Å². The molecule has 0 spiro atoms. The van der Waals surface area contributed by atoms with E-state index >= 15 is 0 Å². The molecule has 1 heterocycles. The normalized spacial score (nSPS) is 17.0. The van der Waals surface area contributed by atoms with Crippen LogP contribution < -0.4 is 14.8 Å². The molecule has 40 heavy (non-hydrogen) atoms. The Morgan fingerprint density at radius 3 is 1.80 bits per heavy atom. The van der Waals surface area contributed by atoms with E-state index in [4.69, 9.17) is 14.2 Å².